The predicted octanol–water partition coefficient (Wildman–Crippen LogP) is 4.55. The Kier molecular flexibility index (Phi) is 6.97. The summed E-state index contributed by atoms with van der Waals surface area (Å²) in [6.45, 7) is 1.86. The van der Waals surface area contributed by atoms with E-state index < -0.39 is 5.92 Å². The third-order valence-electron chi connectivity index (χ3n) is 5.64. The highest BCUT2D eigenvalue weighted by atomic mass is 16.5. The molecule has 0 saturated carbocycles. The van der Waals surface area contributed by atoms with E-state index in [1.807, 2.05) is 72.6 Å². The molecule has 0 aromatic heterocycles. The summed E-state index contributed by atoms with van der Waals surface area (Å²) in [6, 6.07) is 24.9. The van der Waals surface area contributed by atoms with Crippen molar-refractivity contribution >= 4 is 11.6 Å². The fourth-order valence-corrected chi connectivity index (χ4v) is 3.79. The highest BCUT2D eigenvalue weighted by molar-refractivity contribution is 6.12. The van der Waals surface area contributed by atoms with Gasteiger partial charge < -0.3 is 14.4 Å². The van der Waals surface area contributed by atoms with Gasteiger partial charge in [0.2, 0.25) is 0 Å². The number of ketones is 2. The second-order valence-electron chi connectivity index (χ2n) is 8.10. The van der Waals surface area contributed by atoms with Crippen LogP contribution in [0.3, 0.4) is 0 Å². The molecule has 5 nitrogen and oxygen atoms in total. The number of benzene rings is 3. The SMILES string of the molecule is CN1CCC(=O)C(C(=O)c2ccc(OCc3ccccc3)cc2OCc2ccccc2)C1. The van der Waals surface area contributed by atoms with Gasteiger partial charge in [0.25, 0.3) is 0 Å². The summed E-state index contributed by atoms with van der Waals surface area (Å²) in [5, 5.41) is 0. The Bertz CT molecular complexity index is 1070. The first-order chi connectivity index (χ1) is 15.6. The Balaban J connectivity index is 1.57. The highest BCUT2D eigenvalue weighted by Gasteiger charge is 2.33. The Hall–Kier alpha value is -3.44. The first-order valence-electron chi connectivity index (χ1n) is 10.8. The van der Waals surface area contributed by atoms with E-state index in [2.05, 4.69) is 0 Å². The molecule has 1 aliphatic rings. The van der Waals surface area contributed by atoms with Gasteiger partial charge in [0.05, 0.1) is 11.5 Å². The Labute approximate surface area is 188 Å². The van der Waals surface area contributed by atoms with Gasteiger partial charge in [0, 0.05) is 25.6 Å². The molecule has 0 bridgehead atoms. The Morgan fingerprint density at radius 2 is 1.53 bits per heavy atom. The number of piperidine rings is 1. The zero-order valence-electron chi connectivity index (χ0n) is 18.2. The van der Waals surface area contributed by atoms with E-state index in [-0.39, 0.29) is 11.6 Å². The molecule has 0 radical (unpaired) electrons. The monoisotopic (exact) mass is 429 g/mol. The molecule has 32 heavy (non-hydrogen) atoms. The minimum atomic E-state index is -0.663. The van der Waals surface area contributed by atoms with Crippen LogP contribution in [-0.2, 0) is 18.0 Å². The molecule has 3 aromatic carbocycles. The third-order valence-corrected chi connectivity index (χ3v) is 5.64. The van der Waals surface area contributed by atoms with E-state index in [0.29, 0.717) is 49.8 Å². The van der Waals surface area contributed by atoms with Gasteiger partial charge in [-0.05, 0) is 30.3 Å². The molecule has 1 heterocycles. The third kappa shape index (κ3) is 5.42. The van der Waals surface area contributed by atoms with Crippen LogP contribution in [0.15, 0.2) is 78.9 Å². The van der Waals surface area contributed by atoms with Crippen LogP contribution in [0.5, 0.6) is 11.5 Å². The van der Waals surface area contributed by atoms with Crippen LogP contribution in [-0.4, -0.2) is 36.6 Å². The second kappa shape index (κ2) is 10.2. The van der Waals surface area contributed by atoms with Gasteiger partial charge in [-0.2, -0.15) is 0 Å². The topological polar surface area (TPSA) is 55.8 Å². The molecule has 164 valence electrons. The number of carbonyl (C=O) groups excluding carboxylic acids is 2. The lowest BCUT2D eigenvalue weighted by molar-refractivity contribution is -0.124. The van der Waals surface area contributed by atoms with Gasteiger partial charge in [-0.3, -0.25) is 9.59 Å². The van der Waals surface area contributed by atoms with Crippen LogP contribution in [0.4, 0.5) is 0 Å². The molecule has 5 heteroatoms. The molecular formula is C27H27NO4. The number of nitrogens with zero attached hydrogens (tertiary/aromatic N) is 1. The molecular weight excluding hydrogens is 402 g/mol. The largest absolute Gasteiger partial charge is 0.489 e. The number of ether oxygens (including phenoxy) is 2. The lowest BCUT2D eigenvalue weighted by Gasteiger charge is -2.28. The quantitative estimate of drug-likeness (QED) is 0.388. The van der Waals surface area contributed by atoms with Crippen molar-refractivity contribution < 1.29 is 19.1 Å². The lowest BCUT2D eigenvalue weighted by atomic mass is 9.88. The number of rotatable bonds is 8. The van der Waals surface area contributed by atoms with E-state index in [1.54, 1.807) is 18.2 Å². The van der Waals surface area contributed by atoms with E-state index in [9.17, 15) is 9.59 Å². The maximum atomic E-state index is 13.3. The molecule has 1 fully saturated rings. The van der Waals surface area contributed by atoms with Crippen LogP contribution in [0.1, 0.15) is 27.9 Å². The first-order valence-corrected chi connectivity index (χ1v) is 10.8. The summed E-state index contributed by atoms with van der Waals surface area (Å²) in [5.74, 6) is 0.181. The van der Waals surface area contributed by atoms with Crippen molar-refractivity contribution in [1.82, 2.24) is 4.90 Å². The summed E-state index contributed by atoms with van der Waals surface area (Å²) in [4.78, 5) is 27.8. The van der Waals surface area contributed by atoms with Gasteiger partial charge in [-0.15, -0.1) is 0 Å². The standard InChI is InChI=1S/C27H27NO4/c1-28-15-14-25(29)24(17-28)27(30)23-13-12-22(31-18-20-8-4-2-5-9-20)16-26(23)32-19-21-10-6-3-7-11-21/h2-13,16,24H,14-15,17-19H2,1H3. The summed E-state index contributed by atoms with van der Waals surface area (Å²) >= 11 is 0. The van der Waals surface area contributed by atoms with Gasteiger partial charge in [-0.25, -0.2) is 0 Å². The number of likely N-dealkylation sites (tertiary alicyclic amines) is 1. The fourth-order valence-electron chi connectivity index (χ4n) is 3.79. The molecule has 3 aromatic rings. The molecule has 0 spiro atoms. The zero-order valence-corrected chi connectivity index (χ0v) is 18.2. The fraction of sp³-hybridized carbons (Fsp3) is 0.259. The molecule has 1 saturated heterocycles. The van der Waals surface area contributed by atoms with E-state index in [0.717, 1.165) is 11.1 Å². The predicted molar refractivity (Wildman–Crippen MR) is 123 cm³/mol. The maximum absolute atomic E-state index is 13.3. The van der Waals surface area contributed by atoms with E-state index >= 15 is 0 Å². The van der Waals surface area contributed by atoms with Gasteiger partial charge in [-0.1, -0.05) is 60.7 Å². The average Bonchev–Trinajstić information content (AvgIpc) is 2.84. The molecule has 0 aliphatic carbocycles. The molecule has 4 rings (SSSR count). The van der Waals surface area contributed by atoms with Crippen LogP contribution >= 0.6 is 0 Å². The highest BCUT2D eigenvalue weighted by Crippen LogP contribution is 2.30. The smallest absolute Gasteiger partial charge is 0.178 e. The summed E-state index contributed by atoms with van der Waals surface area (Å²) in [6.07, 6.45) is 0.394. The minimum absolute atomic E-state index is 0.00786. The van der Waals surface area contributed by atoms with Gasteiger partial charge >= 0.3 is 0 Å². The molecule has 0 amide bonds. The van der Waals surface area contributed by atoms with Gasteiger partial charge in [0.15, 0.2) is 5.78 Å². The second-order valence-corrected chi connectivity index (χ2v) is 8.10. The van der Waals surface area contributed by atoms with Crippen LogP contribution in [0.2, 0.25) is 0 Å². The van der Waals surface area contributed by atoms with Gasteiger partial charge in [0.1, 0.15) is 30.5 Å². The molecule has 1 atom stereocenters. The normalized spacial score (nSPS) is 16.5. The van der Waals surface area contributed by atoms with Crippen LogP contribution < -0.4 is 9.47 Å². The van der Waals surface area contributed by atoms with Crippen molar-refractivity contribution in [1.29, 1.82) is 0 Å². The Morgan fingerprint density at radius 1 is 0.906 bits per heavy atom. The molecule has 1 aliphatic heterocycles. The Morgan fingerprint density at radius 3 is 2.19 bits per heavy atom. The van der Waals surface area contributed by atoms with E-state index in [1.165, 1.54) is 0 Å². The summed E-state index contributed by atoms with van der Waals surface area (Å²) in [7, 11) is 1.93. The lowest BCUT2D eigenvalue weighted by Crippen LogP contribution is -2.42. The van der Waals surface area contributed by atoms with Crippen LogP contribution in [0, 0.1) is 5.92 Å². The summed E-state index contributed by atoms with van der Waals surface area (Å²) in [5.41, 5.74) is 2.46. The van der Waals surface area contributed by atoms with E-state index in [4.69, 9.17) is 9.47 Å². The van der Waals surface area contributed by atoms with Crippen molar-refractivity contribution in [2.45, 2.75) is 19.6 Å². The summed E-state index contributed by atoms with van der Waals surface area (Å²) < 4.78 is 12.0. The molecule has 1 unspecified atom stereocenters. The van der Waals surface area contributed by atoms with Crippen molar-refractivity contribution in [3.05, 3.63) is 95.6 Å². The number of Topliss-reactive ketones (excluding diaryl/α,β-unsaturated/α-hetero) is 2. The van der Waals surface area contributed by atoms with Crippen molar-refractivity contribution in [2.24, 2.45) is 5.92 Å². The first kappa shape index (κ1) is 21.8. The van der Waals surface area contributed by atoms with Crippen molar-refractivity contribution in [3.63, 3.8) is 0 Å². The molecule has 0 N–H and O–H groups in total. The number of carbonyl (C=O) groups is 2. The number of hydrogen-bond acceptors (Lipinski definition) is 5. The zero-order chi connectivity index (χ0) is 22.3. The average molecular weight is 430 g/mol. The van der Waals surface area contributed by atoms with Crippen molar-refractivity contribution in [3.8, 4) is 11.5 Å². The van der Waals surface area contributed by atoms with Crippen LogP contribution in [0.25, 0.3) is 0 Å². The van der Waals surface area contributed by atoms with Crippen molar-refractivity contribution in [2.75, 3.05) is 20.1 Å². The maximum Gasteiger partial charge on any atom is 0.178 e. The minimum Gasteiger partial charge on any atom is -0.489 e. The number of hydrogen-bond donors (Lipinski definition) is 0.